The standard InChI is InChI=1S/C15H21N5/c1-11-4-6-13(7-5-11)14-17-15(19-18-14)20-8-2-3-12(9-16)10-20/h4-7,12H,2-3,8-10,16H2,1H3,(H,17,18,19). The third kappa shape index (κ3) is 2.67. The van der Waals surface area contributed by atoms with Gasteiger partial charge in [0.1, 0.15) is 0 Å². The second-order valence-corrected chi connectivity index (χ2v) is 5.54. The average molecular weight is 271 g/mol. The van der Waals surface area contributed by atoms with Gasteiger partial charge in [0.2, 0.25) is 5.95 Å². The van der Waals surface area contributed by atoms with E-state index in [2.05, 4.69) is 51.3 Å². The Morgan fingerprint density at radius 3 is 2.90 bits per heavy atom. The van der Waals surface area contributed by atoms with Crippen LogP contribution in [0.15, 0.2) is 24.3 Å². The molecule has 0 aliphatic carbocycles. The molecule has 1 aliphatic rings. The summed E-state index contributed by atoms with van der Waals surface area (Å²) in [7, 11) is 0. The first kappa shape index (κ1) is 13.1. The third-order valence-corrected chi connectivity index (χ3v) is 3.93. The van der Waals surface area contributed by atoms with Gasteiger partial charge in [-0.25, -0.2) is 0 Å². The molecule has 1 aromatic heterocycles. The van der Waals surface area contributed by atoms with Gasteiger partial charge >= 0.3 is 0 Å². The molecular weight excluding hydrogens is 250 g/mol. The van der Waals surface area contributed by atoms with Crippen LogP contribution in [-0.4, -0.2) is 34.8 Å². The zero-order valence-electron chi connectivity index (χ0n) is 11.8. The number of aromatic nitrogens is 3. The fourth-order valence-corrected chi connectivity index (χ4v) is 2.67. The van der Waals surface area contributed by atoms with Crippen molar-refractivity contribution in [3.63, 3.8) is 0 Å². The van der Waals surface area contributed by atoms with Crippen molar-refractivity contribution in [3.8, 4) is 11.4 Å². The van der Waals surface area contributed by atoms with E-state index in [9.17, 15) is 0 Å². The van der Waals surface area contributed by atoms with E-state index >= 15 is 0 Å². The summed E-state index contributed by atoms with van der Waals surface area (Å²) in [5, 5.41) is 7.39. The minimum absolute atomic E-state index is 0.560. The highest BCUT2D eigenvalue weighted by molar-refractivity contribution is 5.56. The van der Waals surface area contributed by atoms with Crippen LogP contribution >= 0.6 is 0 Å². The zero-order chi connectivity index (χ0) is 13.9. The van der Waals surface area contributed by atoms with Crippen LogP contribution in [0.2, 0.25) is 0 Å². The van der Waals surface area contributed by atoms with E-state index in [0.717, 1.165) is 43.4 Å². The van der Waals surface area contributed by atoms with E-state index in [1.165, 1.54) is 12.0 Å². The number of rotatable bonds is 3. The van der Waals surface area contributed by atoms with Crippen LogP contribution in [-0.2, 0) is 0 Å². The van der Waals surface area contributed by atoms with E-state index in [1.54, 1.807) is 0 Å². The summed E-state index contributed by atoms with van der Waals surface area (Å²) in [6.45, 7) is 4.80. The predicted octanol–water partition coefficient (Wildman–Crippen LogP) is 1.96. The molecule has 0 bridgehead atoms. The van der Waals surface area contributed by atoms with Gasteiger partial charge in [-0.2, -0.15) is 4.98 Å². The number of anilines is 1. The number of nitrogens with one attached hydrogen (secondary N) is 1. The number of aromatic amines is 1. The molecule has 3 N–H and O–H groups in total. The Labute approximate surface area is 119 Å². The van der Waals surface area contributed by atoms with Crippen molar-refractivity contribution >= 4 is 5.95 Å². The summed E-state index contributed by atoms with van der Waals surface area (Å²) >= 11 is 0. The molecular formula is C15H21N5. The lowest BCUT2D eigenvalue weighted by Crippen LogP contribution is -2.38. The highest BCUT2D eigenvalue weighted by Gasteiger charge is 2.21. The smallest absolute Gasteiger partial charge is 0.245 e. The fraction of sp³-hybridized carbons (Fsp3) is 0.467. The van der Waals surface area contributed by atoms with E-state index in [0.29, 0.717) is 5.92 Å². The van der Waals surface area contributed by atoms with Gasteiger partial charge in [0, 0.05) is 18.7 Å². The molecule has 0 radical (unpaired) electrons. The number of hydrogen-bond donors (Lipinski definition) is 2. The van der Waals surface area contributed by atoms with Crippen LogP contribution < -0.4 is 10.6 Å². The lowest BCUT2D eigenvalue weighted by Gasteiger charge is -2.31. The summed E-state index contributed by atoms with van der Waals surface area (Å²) in [6.07, 6.45) is 2.37. The maximum atomic E-state index is 5.78. The van der Waals surface area contributed by atoms with Gasteiger partial charge in [-0.1, -0.05) is 29.8 Å². The molecule has 2 heterocycles. The van der Waals surface area contributed by atoms with Gasteiger partial charge in [0.15, 0.2) is 5.82 Å². The summed E-state index contributed by atoms with van der Waals surface area (Å²) in [5.41, 5.74) is 8.10. The normalized spacial score (nSPS) is 19.3. The SMILES string of the molecule is Cc1ccc(-c2nc(N3CCCC(CN)C3)n[nH]2)cc1. The quantitative estimate of drug-likeness (QED) is 0.895. The molecule has 3 rings (SSSR count). The Morgan fingerprint density at radius 1 is 1.35 bits per heavy atom. The fourth-order valence-electron chi connectivity index (χ4n) is 2.67. The minimum atomic E-state index is 0.560. The number of H-pyrrole nitrogens is 1. The van der Waals surface area contributed by atoms with Crippen LogP contribution in [0.5, 0.6) is 0 Å². The van der Waals surface area contributed by atoms with E-state index < -0.39 is 0 Å². The molecule has 5 heteroatoms. The third-order valence-electron chi connectivity index (χ3n) is 3.93. The van der Waals surface area contributed by atoms with Gasteiger partial charge < -0.3 is 10.6 Å². The first-order valence-electron chi connectivity index (χ1n) is 7.20. The van der Waals surface area contributed by atoms with Crippen LogP contribution in [0.4, 0.5) is 5.95 Å². The maximum Gasteiger partial charge on any atom is 0.245 e. The Bertz CT molecular complexity index is 560. The lowest BCUT2D eigenvalue weighted by molar-refractivity contribution is 0.420. The van der Waals surface area contributed by atoms with Gasteiger partial charge in [0.05, 0.1) is 0 Å². The van der Waals surface area contributed by atoms with Crippen molar-refractivity contribution in [1.82, 2.24) is 15.2 Å². The number of aryl methyl sites for hydroxylation is 1. The van der Waals surface area contributed by atoms with Crippen molar-refractivity contribution in [2.45, 2.75) is 19.8 Å². The largest absolute Gasteiger partial charge is 0.339 e. The minimum Gasteiger partial charge on any atom is -0.339 e. The van der Waals surface area contributed by atoms with Crippen molar-refractivity contribution in [2.75, 3.05) is 24.5 Å². The second kappa shape index (κ2) is 5.63. The topological polar surface area (TPSA) is 70.8 Å². The van der Waals surface area contributed by atoms with E-state index in [1.807, 2.05) is 0 Å². The monoisotopic (exact) mass is 271 g/mol. The molecule has 20 heavy (non-hydrogen) atoms. The first-order valence-corrected chi connectivity index (χ1v) is 7.20. The summed E-state index contributed by atoms with van der Waals surface area (Å²) in [6, 6.07) is 8.31. The summed E-state index contributed by atoms with van der Waals surface area (Å²) < 4.78 is 0. The Balaban J connectivity index is 1.78. The predicted molar refractivity (Wildman–Crippen MR) is 80.5 cm³/mol. The molecule has 2 aromatic rings. The molecule has 1 aromatic carbocycles. The Morgan fingerprint density at radius 2 is 2.15 bits per heavy atom. The Hall–Kier alpha value is -1.88. The van der Waals surface area contributed by atoms with Crippen LogP contribution in [0.25, 0.3) is 11.4 Å². The van der Waals surface area contributed by atoms with Gasteiger partial charge in [-0.15, -0.1) is 5.10 Å². The summed E-state index contributed by atoms with van der Waals surface area (Å²) in [5.74, 6) is 2.18. The van der Waals surface area contributed by atoms with Crippen molar-refractivity contribution in [1.29, 1.82) is 0 Å². The molecule has 0 saturated carbocycles. The van der Waals surface area contributed by atoms with Crippen LogP contribution in [0.3, 0.4) is 0 Å². The zero-order valence-corrected chi connectivity index (χ0v) is 11.8. The van der Waals surface area contributed by atoms with Gasteiger partial charge in [-0.05, 0) is 32.2 Å². The summed E-state index contributed by atoms with van der Waals surface area (Å²) in [4.78, 5) is 6.85. The van der Waals surface area contributed by atoms with E-state index in [-0.39, 0.29) is 0 Å². The number of benzene rings is 1. The Kier molecular flexibility index (Phi) is 3.69. The number of nitrogens with two attached hydrogens (primary N) is 1. The molecule has 1 saturated heterocycles. The van der Waals surface area contributed by atoms with Crippen LogP contribution in [0, 0.1) is 12.8 Å². The van der Waals surface area contributed by atoms with Gasteiger partial charge in [-0.3, -0.25) is 5.10 Å². The molecule has 1 atom stereocenters. The highest BCUT2D eigenvalue weighted by Crippen LogP contribution is 2.22. The van der Waals surface area contributed by atoms with Gasteiger partial charge in [0.25, 0.3) is 0 Å². The molecule has 1 aliphatic heterocycles. The highest BCUT2D eigenvalue weighted by atomic mass is 15.4. The molecule has 1 fully saturated rings. The molecule has 0 spiro atoms. The molecule has 1 unspecified atom stereocenters. The molecule has 0 amide bonds. The van der Waals surface area contributed by atoms with Crippen molar-refractivity contribution < 1.29 is 0 Å². The van der Waals surface area contributed by atoms with Crippen LogP contribution in [0.1, 0.15) is 18.4 Å². The van der Waals surface area contributed by atoms with Crippen molar-refractivity contribution in [3.05, 3.63) is 29.8 Å². The lowest BCUT2D eigenvalue weighted by atomic mass is 9.99. The number of piperidine rings is 1. The first-order chi connectivity index (χ1) is 9.76. The average Bonchev–Trinajstić information content (AvgIpc) is 2.98. The van der Waals surface area contributed by atoms with Crippen molar-refractivity contribution in [2.24, 2.45) is 11.7 Å². The van der Waals surface area contributed by atoms with E-state index in [4.69, 9.17) is 5.73 Å². The number of nitrogens with zero attached hydrogens (tertiary/aromatic N) is 3. The number of hydrogen-bond acceptors (Lipinski definition) is 4. The maximum absolute atomic E-state index is 5.78. The molecule has 106 valence electrons. The molecule has 5 nitrogen and oxygen atoms in total. The second-order valence-electron chi connectivity index (χ2n) is 5.54.